The lowest BCUT2D eigenvalue weighted by molar-refractivity contribution is -0.137. The Morgan fingerprint density at radius 3 is 1.65 bits per heavy atom. The van der Waals surface area contributed by atoms with Crippen LogP contribution in [0.5, 0.6) is 0 Å². The summed E-state index contributed by atoms with van der Waals surface area (Å²) in [7, 11) is -3.76. The van der Waals surface area contributed by atoms with Gasteiger partial charge in [-0.2, -0.15) is 13.2 Å². The molecule has 18 heteroatoms. The molecule has 9 nitrogen and oxygen atoms in total. The maximum Gasteiger partial charge on any atom is 0.416 e. The third-order valence-electron chi connectivity index (χ3n) is 7.89. The van der Waals surface area contributed by atoms with Crippen LogP contribution in [0.3, 0.4) is 0 Å². The molecule has 2 aromatic carbocycles. The van der Waals surface area contributed by atoms with Crippen LogP contribution in [0.2, 0.25) is 5.02 Å². The first-order valence-corrected chi connectivity index (χ1v) is 21.1. The van der Waals surface area contributed by atoms with Crippen molar-refractivity contribution in [2.24, 2.45) is 0 Å². The number of nitrogens with one attached hydrogen (secondary N) is 2. The zero-order chi connectivity index (χ0) is 39.1. The van der Waals surface area contributed by atoms with E-state index in [9.17, 15) is 40.8 Å². The molecule has 0 atom stereocenters. The summed E-state index contributed by atoms with van der Waals surface area (Å²) in [5.74, 6) is -3.81. The molecule has 6 rings (SSSR count). The quantitative estimate of drug-likeness (QED) is 0.109. The summed E-state index contributed by atoms with van der Waals surface area (Å²) < 4.78 is 69.8. The first kappa shape index (κ1) is 39.1. The molecule has 0 saturated carbocycles. The SMILES string of the molecule is Cc1ccc(-c2csc(NC(=O)c3scc(S(C)(=O)=O)c3Cl)c2C(=O)OC(=O)c2c(-c3ccc(C(F)(F)F)cc3)csc2NC(=O)c2sccc2C)cc1. The van der Waals surface area contributed by atoms with Gasteiger partial charge in [-0.25, -0.2) is 18.0 Å². The van der Waals surface area contributed by atoms with Crippen LogP contribution in [0.25, 0.3) is 22.3 Å². The maximum absolute atomic E-state index is 14.1. The van der Waals surface area contributed by atoms with Gasteiger partial charge in [-0.1, -0.05) is 53.6 Å². The van der Waals surface area contributed by atoms with Crippen molar-refractivity contribution in [2.45, 2.75) is 24.9 Å². The number of carbonyl (C=O) groups is 4. The van der Waals surface area contributed by atoms with E-state index in [1.54, 1.807) is 48.0 Å². The number of alkyl halides is 3. The molecule has 4 heterocycles. The fourth-order valence-corrected chi connectivity index (χ4v) is 10.7. The molecule has 0 bridgehead atoms. The molecule has 2 amide bonds. The van der Waals surface area contributed by atoms with Crippen molar-refractivity contribution in [3.05, 3.63) is 119 Å². The summed E-state index contributed by atoms with van der Waals surface area (Å²) in [4.78, 5) is 54.7. The van der Waals surface area contributed by atoms with Gasteiger partial charge >= 0.3 is 18.1 Å². The van der Waals surface area contributed by atoms with Gasteiger partial charge in [0.25, 0.3) is 11.8 Å². The van der Waals surface area contributed by atoms with Gasteiger partial charge in [0.2, 0.25) is 0 Å². The molecule has 0 spiro atoms. The van der Waals surface area contributed by atoms with E-state index in [1.807, 2.05) is 6.92 Å². The van der Waals surface area contributed by atoms with Crippen LogP contribution in [0.4, 0.5) is 23.2 Å². The van der Waals surface area contributed by atoms with Crippen LogP contribution in [-0.4, -0.2) is 38.4 Å². The molecule has 278 valence electrons. The van der Waals surface area contributed by atoms with E-state index in [4.69, 9.17) is 16.3 Å². The Hall–Kier alpha value is -4.65. The largest absolute Gasteiger partial charge is 0.416 e. The number of benzene rings is 2. The fourth-order valence-electron chi connectivity index (χ4n) is 5.14. The van der Waals surface area contributed by atoms with Gasteiger partial charge in [0.1, 0.15) is 26.0 Å². The Bertz CT molecular complexity index is 2550. The lowest BCUT2D eigenvalue weighted by Crippen LogP contribution is -2.19. The summed E-state index contributed by atoms with van der Waals surface area (Å²) in [5.41, 5.74) is 1.25. The zero-order valence-electron chi connectivity index (χ0n) is 27.9. The third-order valence-corrected chi connectivity index (χ3v) is 13.6. The Balaban J connectivity index is 1.39. The number of anilines is 2. The molecule has 0 fully saturated rings. The third kappa shape index (κ3) is 8.06. The van der Waals surface area contributed by atoms with Crippen molar-refractivity contribution in [3.8, 4) is 22.3 Å². The number of halogens is 4. The number of carbonyl (C=O) groups excluding carboxylic acids is 4. The number of sulfone groups is 1. The highest BCUT2D eigenvalue weighted by Gasteiger charge is 2.33. The van der Waals surface area contributed by atoms with Gasteiger partial charge < -0.3 is 15.4 Å². The van der Waals surface area contributed by atoms with Crippen LogP contribution in [0.15, 0.2) is 81.0 Å². The monoisotopic (exact) mass is 848 g/mol. The van der Waals surface area contributed by atoms with E-state index in [2.05, 4.69) is 10.6 Å². The van der Waals surface area contributed by atoms with E-state index in [-0.39, 0.29) is 52.6 Å². The molecule has 0 radical (unpaired) electrons. The number of ether oxygens (including phenoxy) is 1. The lowest BCUT2D eigenvalue weighted by atomic mass is 10.0. The van der Waals surface area contributed by atoms with Crippen LogP contribution < -0.4 is 10.6 Å². The topological polar surface area (TPSA) is 136 Å². The molecule has 0 aliphatic heterocycles. The van der Waals surface area contributed by atoms with E-state index in [0.29, 0.717) is 16.0 Å². The average molecular weight is 849 g/mol. The van der Waals surface area contributed by atoms with Gasteiger partial charge in [0.15, 0.2) is 9.84 Å². The second-order valence-corrected chi connectivity index (χ2v) is 17.6. The first-order valence-electron chi connectivity index (χ1n) is 15.3. The second kappa shape index (κ2) is 15.2. The minimum Gasteiger partial charge on any atom is -0.386 e. The highest BCUT2D eigenvalue weighted by molar-refractivity contribution is 7.91. The van der Waals surface area contributed by atoms with Crippen LogP contribution >= 0.6 is 56.9 Å². The van der Waals surface area contributed by atoms with Crippen molar-refractivity contribution in [3.63, 3.8) is 0 Å². The molecular weight excluding hydrogens is 825 g/mol. The number of amides is 2. The minimum atomic E-state index is -4.62. The molecule has 0 unspecified atom stereocenters. The number of hydrogen-bond acceptors (Lipinski definition) is 11. The Labute approximate surface area is 326 Å². The Morgan fingerprint density at radius 2 is 1.20 bits per heavy atom. The van der Waals surface area contributed by atoms with Crippen molar-refractivity contribution < 1.29 is 45.5 Å². The van der Waals surface area contributed by atoms with Crippen LogP contribution in [0, 0.1) is 13.8 Å². The lowest BCUT2D eigenvalue weighted by Gasteiger charge is -2.12. The Morgan fingerprint density at radius 1 is 0.704 bits per heavy atom. The van der Waals surface area contributed by atoms with E-state index < -0.39 is 45.3 Å². The first-order chi connectivity index (χ1) is 25.4. The average Bonchev–Trinajstić information content (AvgIpc) is 3.90. The molecule has 54 heavy (non-hydrogen) atoms. The minimum absolute atomic E-state index is 0.0212. The van der Waals surface area contributed by atoms with Gasteiger partial charge in [0.05, 0.1) is 20.4 Å². The predicted molar refractivity (Wildman–Crippen MR) is 206 cm³/mol. The number of esters is 2. The Kier molecular flexibility index (Phi) is 11.0. The summed E-state index contributed by atoms with van der Waals surface area (Å²) in [6.45, 7) is 3.58. The summed E-state index contributed by atoms with van der Waals surface area (Å²) in [5, 5.41) is 10.8. The highest BCUT2D eigenvalue weighted by atomic mass is 35.5. The fraction of sp³-hybridized carbons (Fsp3) is 0.111. The number of aryl methyl sites for hydroxylation is 2. The summed E-state index contributed by atoms with van der Waals surface area (Å²) in [6, 6.07) is 12.7. The maximum atomic E-state index is 14.1. The number of hydrogen-bond donors (Lipinski definition) is 2. The van der Waals surface area contributed by atoms with Crippen LogP contribution in [-0.2, 0) is 20.8 Å². The van der Waals surface area contributed by atoms with E-state index >= 15 is 0 Å². The smallest absolute Gasteiger partial charge is 0.386 e. The second-order valence-electron chi connectivity index (χ2n) is 11.7. The molecule has 0 aliphatic carbocycles. The zero-order valence-corrected chi connectivity index (χ0v) is 32.8. The number of rotatable bonds is 9. The summed E-state index contributed by atoms with van der Waals surface area (Å²) >= 11 is 10.0. The van der Waals surface area contributed by atoms with Crippen molar-refractivity contribution in [1.29, 1.82) is 0 Å². The van der Waals surface area contributed by atoms with Crippen molar-refractivity contribution in [2.75, 3.05) is 16.9 Å². The van der Waals surface area contributed by atoms with E-state index in [1.165, 1.54) is 10.8 Å². The number of thiophene rings is 4. The normalized spacial score (nSPS) is 11.7. The highest BCUT2D eigenvalue weighted by Crippen LogP contribution is 2.41. The van der Waals surface area contributed by atoms with Gasteiger partial charge in [-0.15, -0.1) is 45.3 Å². The van der Waals surface area contributed by atoms with Gasteiger partial charge in [0, 0.05) is 33.5 Å². The molecule has 0 saturated heterocycles. The van der Waals surface area contributed by atoms with Gasteiger partial charge in [-0.3, -0.25) is 9.59 Å². The molecule has 4 aromatic heterocycles. The molecular formula is C36H24ClF3N2O7S5. The molecule has 2 N–H and O–H groups in total. The summed E-state index contributed by atoms with van der Waals surface area (Å²) in [6.07, 6.45) is -3.68. The van der Waals surface area contributed by atoms with Crippen molar-refractivity contribution >= 4 is 101 Å². The van der Waals surface area contributed by atoms with Crippen LogP contribution in [0.1, 0.15) is 56.7 Å². The molecule has 6 aromatic rings. The predicted octanol–water partition coefficient (Wildman–Crippen LogP) is 10.5. The molecule has 0 aliphatic rings. The van der Waals surface area contributed by atoms with Crippen molar-refractivity contribution in [1.82, 2.24) is 0 Å². The van der Waals surface area contributed by atoms with Gasteiger partial charge in [-0.05, 0) is 54.1 Å². The standard InChI is InChI=1S/C36H24ClF3N2O7S5/c1-17-4-6-19(7-5-17)22-14-53-33(42-31(44)29-27(37)24(16-51-29)54(3,47)48)25(22)34(45)49-35(46)26-23(20-8-10-21(11-9-20)36(38,39)40)15-52-32(26)41-30(43)28-18(2)12-13-50-28/h4-16H,1-3H3,(H,41,43)(H,42,44). The van der Waals surface area contributed by atoms with E-state index in [0.717, 1.165) is 81.4 Å².